The predicted octanol–water partition coefficient (Wildman–Crippen LogP) is 0.244. The average Bonchev–Trinajstić information content (AvgIpc) is 2.76. The summed E-state index contributed by atoms with van der Waals surface area (Å²) in [5.41, 5.74) is 5.32. The lowest BCUT2D eigenvalue weighted by Crippen LogP contribution is -2.05. The van der Waals surface area contributed by atoms with Crippen LogP contribution in [0.5, 0.6) is 0 Å². The summed E-state index contributed by atoms with van der Waals surface area (Å²) in [6, 6.07) is 0. The summed E-state index contributed by atoms with van der Waals surface area (Å²) in [6.45, 7) is 1.29. The van der Waals surface area contributed by atoms with E-state index >= 15 is 0 Å². The van der Waals surface area contributed by atoms with Crippen LogP contribution in [-0.2, 0) is 11.5 Å². The number of ether oxygens (including phenoxy) is 1. The second-order valence-electron chi connectivity index (χ2n) is 3.09. The number of rotatable bonds is 4. The van der Waals surface area contributed by atoms with Gasteiger partial charge in [-0.15, -0.1) is 5.10 Å². The molecule has 5 heteroatoms. The topological polar surface area (TPSA) is 66.0 Å². The quantitative estimate of drug-likeness (QED) is 0.699. The van der Waals surface area contributed by atoms with Crippen molar-refractivity contribution in [2.45, 2.75) is 19.6 Å². The minimum atomic E-state index is 0.296. The second kappa shape index (κ2) is 3.10. The van der Waals surface area contributed by atoms with Crippen molar-refractivity contribution >= 4 is 5.95 Å². The highest BCUT2D eigenvalue weighted by Crippen LogP contribution is 2.28. The number of nitrogen functional groups attached to an aromatic ring is 1. The minimum absolute atomic E-state index is 0.296. The molecule has 0 saturated heterocycles. The second-order valence-corrected chi connectivity index (χ2v) is 3.09. The maximum Gasteiger partial charge on any atom is 0.239 e. The minimum Gasteiger partial charge on any atom is -0.367 e. The van der Waals surface area contributed by atoms with Gasteiger partial charge in [0.1, 0.15) is 13.1 Å². The van der Waals surface area contributed by atoms with Crippen LogP contribution in [0.3, 0.4) is 0 Å². The molecule has 1 aromatic heterocycles. The lowest BCUT2D eigenvalue weighted by molar-refractivity contribution is 0.0611. The van der Waals surface area contributed by atoms with E-state index in [0.717, 1.165) is 12.5 Å². The molecule has 1 aliphatic carbocycles. The van der Waals surface area contributed by atoms with Gasteiger partial charge in [0.25, 0.3) is 0 Å². The molecule has 1 fully saturated rings. The monoisotopic (exact) mass is 168 g/mol. The molecule has 0 unspecified atom stereocenters. The molecule has 1 saturated carbocycles. The Labute approximate surface area is 70.5 Å². The van der Waals surface area contributed by atoms with E-state index in [2.05, 4.69) is 10.1 Å². The van der Waals surface area contributed by atoms with E-state index in [0.29, 0.717) is 12.7 Å². The molecule has 0 radical (unpaired) electrons. The SMILES string of the molecule is Nc1ncn(COCC2CC2)n1. The molecule has 1 aromatic rings. The molecule has 1 heterocycles. The smallest absolute Gasteiger partial charge is 0.239 e. The molecule has 2 rings (SSSR count). The normalized spacial score (nSPS) is 16.7. The first-order chi connectivity index (χ1) is 5.84. The summed E-state index contributed by atoms with van der Waals surface area (Å²) in [5, 5.41) is 3.89. The number of hydrogen-bond acceptors (Lipinski definition) is 4. The van der Waals surface area contributed by atoms with Gasteiger partial charge in [0, 0.05) is 0 Å². The van der Waals surface area contributed by atoms with Crippen LogP contribution in [0.15, 0.2) is 6.33 Å². The van der Waals surface area contributed by atoms with E-state index in [4.69, 9.17) is 10.5 Å². The molecular weight excluding hydrogens is 156 g/mol. The van der Waals surface area contributed by atoms with Crippen molar-refractivity contribution in [1.82, 2.24) is 14.8 Å². The van der Waals surface area contributed by atoms with Gasteiger partial charge < -0.3 is 10.5 Å². The van der Waals surface area contributed by atoms with Crippen molar-refractivity contribution < 1.29 is 4.74 Å². The van der Waals surface area contributed by atoms with Gasteiger partial charge >= 0.3 is 0 Å². The van der Waals surface area contributed by atoms with Crippen molar-refractivity contribution in [1.29, 1.82) is 0 Å². The molecule has 66 valence electrons. The number of hydrogen-bond donors (Lipinski definition) is 1. The van der Waals surface area contributed by atoms with Gasteiger partial charge in [-0.05, 0) is 18.8 Å². The van der Waals surface area contributed by atoms with Crippen molar-refractivity contribution in [3.8, 4) is 0 Å². The Hall–Kier alpha value is -1.10. The Morgan fingerprint density at radius 3 is 3.08 bits per heavy atom. The summed E-state index contributed by atoms with van der Waals surface area (Å²) >= 11 is 0. The van der Waals surface area contributed by atoms with E-state index in [1.54, 1.807) is 11.0 Å². The first-order valence-electron chi connectivity index (χ1n) is 4.07. The van der Waals surface area contributed by atoms with Gasteiger partial charge in [-0.25, -0.2) is 9.67 Å². The summed E-state index contributed by atoms with van der Waals surface area (Å²) in [7, 11) is 0. The zero-order chi connectivity index (χ0) is 8.39. The number of anilines is 1. The third kappa shape index (κ3) is 1.94. The molecule has 0 spiro atoms. The van der Waals surface area contributed by atoms with E-state index in [1.165, 1.54) is 12.8 Å². The summed E-state index contributed by atoms with van der Waals surface area (Å²) in [6.07, 6.45) is 4.18. The van der Waals surface area contributed by atoms with Crippen molar-refractivity contribution in [2.75, 3.05) is 12.3 Å². The Morgan fingerprint density at radius 1 is 1.67 bits per heavy atom. The van der Waals surface area contributed by atoms with Gasteiger partial charge in [0.15, 0.2) is 0 Å². The van der Waals surface area contributed by atoms with Crippen molar-refractivity contribution in [3.05, 3.63) is 6.33 Å². The Bertz CT molecular complexity index is 256. The highest BCUT2D eigenvalue weighted by Gasteiger charge is 2.21. The summed E-state index contributed by atoms with van der Waals surface area (Å²) in [5.74, 6) is 1.08. The van der Waals surface area contributed by atoms with Crippen LogP contribution in [0.2, 0.25) is 0 Å². The molecule has 0 bridgehead atoms. The zero-order valence-electron chi connectivity index (χ0n) is 6.81. The molecule has 1 aliphatic rings. The molecule has 0 aromatic carbocycles. The number of aromatic nitrogens is 3. The largest absolute Gasteiger partial charge is 0.367 e. The van der Waals surface area contributed by atoms with E-state index in [9.17, 15) is 0 Å². The van der Waals surface area contributed by atoms with Crippen molar-refractivity contribution in [2.24, 2.45) is 5.92 Å². The van der Waals surface area contributed by atoms with E-state index < -0.39 is 0 Å². The van der Waals surface area contributed by atoms with Gasteiger partial charge in [-0.3, -0.25) is 0 Å². The van der Waals surface area contributed by atoms with Gasteiger partial charge in [0.2, 0.25) is 5.95 Å². The van der Waals surface area contributed by atoms with E-state index in [-0.39, 0.29) is 0 Å². The zero-order valence-corrected chi connectivity index (χ0v) is 6.81. The van der Waals surface area contributed by atoms with Gasteiger partial charge in [0.05, 0.1) is 6.61 Å². The Balaban J connectivity index is 1.71. The lowest BCUT2D eigenvalue weighted by atomic mass is 10.5. The standard InChI is InChI=1S/C7H12N4O/c8-7-9-4-11(10-7)5-12-3-6-1-2-6/h4,6H,1-3,5H2,(H2,8,10). The Morgan fingerprint density at radius 2 is 2.50 bits per heavy atom. The van der Waals surface area contributed by atoms with Gasteiger partial charge in [-0.2, -0.15) is 0 Å². The summed E-state index contributed by atoms with van der Waals surface area (Å²) in [4.78, 5) is 3.78. The Kier molecular flexibility index (Phi) is 1.95. The fourth-order valence-electron chi connectivity index (χ4n) is 0.969. The third-order valence-corrected chi connectivity index (χ3v) is 1.83. The van der Waals surface area contributed by atoms with Crippen LogP contribution >= 0.6 is 0 Å². The van der Waals surface area contributed by atoms with Crippen molar-refractivity contribution in [3.63, 3.8) is 0 Å². The first kappa shape index (κ1) is 7.54. The number of nitrogens with zero attached hydrogens (tertiary/aromatic N) is 3. The molecule has 0 amide bonds. The molecular formula is C7H12N4O. The lowest BCUT2D eigenvalue weighted by Gasteiger charge is -2.00. The third-order valence-electron chi connectivity index (χ3n) is 1.83. The van der Waals surface area contributed by atoms with Crippen LogP contribution in [0.4, 0.5) is 5.95 Å². The maximum atomic E-state index is 5.36. The van der Waals surface area contributed by atoms with Crippen LogP contribution in [-0.4, -0.2) is 21.4 Å². The molecule has 0 aliphatic heterocycles. The highest BCUT2D eigenvalue weighted by atomic mass is 16.5. The molecule has 12 heavy (non-hydrogen) atoms. The molecule has 0 atom stereocenters. The van der Waals surface area contributed by atoms with Crippen LogP contribution in [0.1, 0.15) is 12.8 Å². The fourth-order valence-corrected chi connectivity index (χ4v) is 0.969. The van der Waals surface area contributed by atoms with E-state index in [1.807, 2.05) is 0 Å². The van der Waals surface area contributed by atoms with Gasteiger partial charge in [-0.1, -0.05) is 0 Å². The fraction of sp³-hybridized carbons (Fsp3) is 0.714. The number of nitrogens with two attached hydrogens (primary N) is 1. The van der Waals surface area contributed by atoms with Crippen LogP contribution in [0.25, 0.3) is 0 Å². The molecule has 2 N–H and O–H groups in total. The average molecular weight is 168 g/mol. The predicted molar refractivity (Wildman–Crippen MR) is 43.1 cm³/mol. The van der Waals surface area contributed by atoms with Crippen LogP contribution < -0.4 is 5.73 Å². The maximum absolute atomic E-state index is 5.36. The highest BCUT2D eigenvalue weighted by molar-refractivity contribution is 5.08. The van der Waals surface area contributed by atoms with Crippen LogP contribution in [0, 0.1) is 5.92 Å². The molecule has 5 nitrogen and oxygen atoms in total. The summed E-state index contributed by atoms with van der Waals surface area (Å²) < 4.78 is 6.96. The first-order valence-corrected chi connectivity index (χ1v) is 4.07.